The average Bonchev–Trinajstić information content (AvgIpc) is 2.02. The van der Waals surface area contributed by atoms with Crippen molar-refractivity contribution in [2.75, 3.05) is 13.1 Å². The Morgan fingerprint density at radius 3 is 2.67 bits per heavy atom. The van der Waals surface area contributed by atoms with Gasteiger partial charge in [-0.3, -0.25) is 0 Å². The van der Waals surface area contributed by atoms with Crippen LogP contribution in [-0.2, 0) is 4.79 Å². The van der Waals surface area contributed by atoms with Gasteiger partial charge in [0.2, 0.25) is 0 Å². The molecule has 0 aromatic heterocycles. The van der Waals surface area contributed by atoms with E-state index >= 15 is 0 Å². The lowest BCUT2D eigenvalue weighted by atomic mass is 10.4. The van der Waals surface area contributed by atoms with Gasteiger partial charge in [0.1, 0.15) is 0 Å². The predicted octanol–water partition coefficient (Wildman–Crippen LogP) is 0.959. The summed E-state index contributed by atoms with van der Waals surface area (Å²) in [4.78, 5) is 9.99. The Bertz CT molecular complexity index is 195. The van der Waals surface area contributed by atoms with E-state index in [2.05, 4.69) is 11.9 Å². The lowest BCUT2D eigenvalue weighted by Crippen LogP contribution is -2.13. The summed E-state index contributed by atoms with van der Waals surface area (Å²) in [5.74, 6) is -0.918. The molecule has 0 aromatic carbocycles. The van der Waals surface area contributed by atoms with Crippen molar-refractivity contribution in [2.24, 2.45) is 0 Å². The van der Waals surface area contributed by atoms with Crippen molar-refractivity contribution in [3.63, 3.8) is 0 Å². The lowest BCUT2D eigenvalue weighted by Gasteiger charge is -1.92. The quantitative estimate of drug-likeness (QED) is 0.352. The molecule has 0 radical (unpaired) electrons. The maximum absolute atomic E-state index is 9.99. The average molecular weight is 167 g/mol. The molecule has 0 amide bonds. The summed E-state index contributed by atoms with van der Waals surface area (Å²) in [6.45, 7) is 4.79. The molecule has 0 aliphatic heterocycles. The molecule has 2 N–H and O–H groups in total. The van der Waals surface area contributed by atoms with Crippen molar-refractivity contribution in [2.45, 2.75) is 0 Å². The lowest BCUT2D eigenvalue weighted by molar-refractivity contribution is -0.131. The number of hydrogen-bond acceptors (Lipinski definition) is 2. The largest absolute Gasteiger partial charge is 0.478 e. The first-order valence-corrected chi connectivity index (χ1v) is 3.65. The van der Waals surface area contributed by atoms with E-state index in [1.807, 2.05) is 12.2 Å². The normalized spacial score (nSPS) is 11.0. The summed E-state index contributed by atoms with van der Waals surface area (Å²) in [7, 11) is 0. The molecule has 0 aliphatic rings. The minimum absolute atomic E-state index is 0.563. The summed E-state index contributed by atoms with van der Waals surface area (Å²) in [5.41, 5.74) is 0. The van der Waals surface area contributed by atoms with E-state index in [0.717, 1.165) is 12.6 Å². The van der Waals surface area contributed by atoms with E-state index in [4.69, 9.17) is 5.11 Å². The molecular formula is C9H13NO2. The number of hydrogen-bond donors (Lipinski definition) is 2. The van der Waals surface area contributed by atoms with E-state index < -0.39 is 5.97 Å². The van der Waals surface area contributed by atoms with E-state index in [9.17, 15) is 4.79 Å². The Morgan fingerprint density at radius 2 is 2.08 bits per heavy atom. The minimum atomic E-state index is -0.918. The second-order valence-electron chi connectivity index (χ2n) is 2.06. The molecule has 0 heterocycles. The van der Waals surface area contributed by atoms with E-state index in [1.54, 1.807) is 12.2 Å². The summed E-state index contributed by atoms with van der Waals surface area (Å²) < 4.78 is 0. The standard InChI is InChI=1S/C9H13NO2/c1-2-3-4-7-10-8-5-6-9(11)12/h2-6,10H,1,7-8H2,(H,11,12). The molecule has 0 fully saturated rings. The molecule has 66 valence electrons. The Labute approximate surface area is 72.1 Å². The van der Waals surface area contributed by atoms with Crippen molar-refractivity contribution >= 4 is 5.97 Å². The monoisotopic (exact) mass is 167 g/mol. The number of aliphatic carboxylic acids is 1. The predicted molar refractivity (Wildman–Crippen MR) is 49.0 cm³/mol. The molecule has 0 aliphatic carbocycles. The highest BCUT2D eigenvalue weighted by atomic mass is 16.4. The second-order valence-corrected chi connectivity index (χ2v) is 2.06. The Balaban J connectivity index is 3.26. The van der Waals surface area contributed by atoms with Gasteiger partial charge in [-0.25, -0.2) is 4.79 Å². The zero-order chi connectivity index (χ0) is 9.23. The number of carboxylic acids is 1. The number of nitrogens with one attached hydrogen (secondary N) is 1. The van der Waals surface area contributed by atoms with Crippen LogP contribution in [0.2, 0.25) is 0 Å². The Hall–Kier alpha value is -1.35. The Morgan fingerprint density at radius 1 is 1.42 bits per heavy atom. The van der Waals surface area contributed by atoms with E-state index in [-0.39, 0.29) is 0 Å². The van der Waals surface area contributed by atoms with Crippen LogP contribution in [0, 0.1) is 0 Å². The van der Waals surface area contributed by atoms with Crippen LogP contribution in [0.5, 0.6) is 0 Å². The van der Waals surface area contributed by atoms with Gasteiger partial charge in [0, 0.05) is 19.2 Å². The summed E-state index contributed by atoms with van der Waals surface area (Å²) in [5, 5.41) is 11.2. The molecule has 0 saturated carbocycles. The van der Waals surface area contributed by atoms with Crippen LogP contribution in [0.15, 0.2) is 37.0 Å². The maximum Gasteiger partial charge on any atom is 0.328 e. The molecule has 12 heavy (non-hydrogen) atoms. The van der Waals surface area contributed by atoms with Gasteiger partial charge in [0.25, 0.3) is 0 Å². The highest BCUT2D eigenvalue weighted by Crippen LogP contribution is 1.73. The molecule has 0 aromatic rings. The molecule has 3 nitrogen and oxygen atoms in total. The summed E-state index contributed by atoms with van der Waals surface area (Å²) in [6.07, 6.45) is 8.10. The SMILES string of the molecule is C=CC=CCNCC=CC(=O)O. The molecule has 0 bridgehead atoms. The molecule has 3 heteroatoms. The highest BCUT2D eigenvalue weighted by molar-refractivity contribution is 5.79. The fourth-order valence-corrected chi connectivity index (χ4v) is 0.574. The van der Waals surface area contributed by atoms with Crippen molar-refractivity contribution < 1.29 is 9.90 Å². The van der Waals surface area contributed by atoms with Gasteiger partial charge in [-0.2, -0.15) is 0 Å². The Kier molecular flexibility index (Phi) is 6.88. The van der Waals surface area contributed by atoms with Crippen LogP contribution in [-0.4, -0.2) is 24.2 Å². The van der Waals surface area contributed by atoms with Crippen LogP contribution in [0.1, 0.15) is 0 Å². The van der Waals surface area contributed by atoms with Crippen LogP contribution in [0.3, 0.4) is 0 Å². The highest BCUT2D eigenvalue weighted by Gasteiger charge is 1.82. The van der Waals surface area contributed by atoms with Crippen LogP contribution in [0.25, 0.3) is 0 Å². The third kappa shape index (κ3) is 8.65. The first-order valence-electron chi connectivity index (χ1n) is 3.65. The molecule has 0 rings (SSSR count). The number of allylic oxidation sites excluding steroid dienone is 2. The van der Waals surface area contributed by atoms with Crippen molar-refractivity contribution in [3.8, 4) is 0 Å². The molecule has 0 saturated heterocycles. The van der Waals surface area contributed by atoms with Crippen molar-refractivity contribution in [1.82, 2.24) is 5.32 Å². The molecule has 0 spiro atoms. The van der Waals surface area contributed by atoms with Crippen LogP contribution >= 0.6 is 0 Å². The molecule has 0 atom stereocenters. The number of carboxylic acid groups (broad SMARTS) is 1. The fourth-order valence-electron chi connectivity index (χ4n) is 0.574. The maximum atomic E-state index is 9.99. The van der Waals surface area contributed by atoms with E-state index in [1.165, 1.54) is 0 Å². The summed E-state index contributed by atoms with van der Waals surface area (Å²) in [6, 6.07) is 0. The van der Waals surface area contributed by atoms with Gasteiger partial charge < -0.3 is 10.4 Å². The number of carbonyl (C=O) groups is 1. The van der Waals surface area contributed by atoms with Gasteiger partial charge in [-0.15, -0.1) is 0 Å². The van der Waals surface area contributed by atoms with Gasteiger partial charge >= 0.3 is 5.97 Å². The third-order valence-corrected chi connectivity index (χ3v) is 1.06. The zero-order valence-corrected chi connectivity index (χ0v) is 6.86. The first-order chi connectivity index (χ1) is 5.77. The zero-order valence-electron chi connectivity index (χ0n) is 6.86. The van der Waals surface area contributed by atoms with Crippen LogP contribution in [0.4, 0.5) is 0 Å². The van der Waals surface area contributed by atoms with Gasteiger partial charge in [0.05, 0.1) is 0 Å². The van der Waals surface area contributed by atoms with Crippen LogP contribution < -0.4 is 5.32 Å². The van der Waals surface area contributed by atoms with E-state index in [0.29, 0.717) is 6.54 Å². The smallest absolute Gasteiger partial charge is 0.328 e. The van der Waals surface area contributed by atoms with Crippen molar-refractivity contribution in [3.05, 3.63) is 37.0 Å². The molecule has 0 unspecified atom stereocenters. The minimum Gasteiger partial charge on any atom is -0.478 e. The number of rotatable bonds is 6. The third-order valence-electron chi connectivity index (χ3n) is 1.06. The topological polar surface area (TPSA) is 49.3 Å². The van der Waals surface area contributed by atoms with Gasteiger partial charge in [-0.05, 0) is 0 Å². The van der Waals surface area contributed by atoms with Crippen molar-refractivity contribution in [1.29, 1.82) is 0 Å². The summed E-state index contributed by atoms with van der Waals surface area (Å²) >= 11 is 0. The first kappa shape index (κ1) is 10.7. The molecular weight excluding hydrogens is 154 g/mol. The van der Waals surface area contributed by atoms with Gasteiger partial charge in [0.15, 0.2) is 0 Å². The second kappa shape index (κ2) is 7.75. The van der Waals surface area contributed by atoms with Gasteiger partial charge in [-0.1, -0.05) is 30.9 Å². The fraction of sp³-hybridized carbons (Fsp3) is 0.222.